The molecule has 0 fully saturated rings. The molecular formula is C94H89F4N25O7S. The predicted molar refractivity (Wildman–Crippen MR) is 495 cm³/mol. The van der Waals surface area contributed by atoms with Crippen molar-refractivity contribution in [2.24, 2.45) is 16.2 Å². The predicted octanol–water partition coefficient (Wildman–Crippen LogP) is 23.6. The van der Waals surface area contributed by atoms with Crippen LogP contribution in [0.2, 0.25) is 0 Å². The number of nitrogens with one attached hydrogen (secondary N) is 10. The number of hydrogen-bond donors (Lipinski definition) is 10. The van der Waals surface area contributed by atoms with Crippen molar-refractivity contribution in [1.82, 2.24) is 102 Å². The van der Waals surface area contributed by atoms with Gasteiger partial charge in [-0.25, -0.2) is 37.5 Å². The molecule has 5 aromatic carbocycles. The second kappa shape index (κ2) is 36.2. The van der Waals surface area contributed by atoms with E-state index in [4.69, 9.17) is 22.5 Å². The molecule has 0 saturated heterocycles. The number of halogens is 4. The van der Waals surface area contributed by atoms with Crippen LogP contribution in [0.25, 0.3) is 110 Å². The van der Waals surface area contributed by atoms with Crippen LogP contribution in [0, 0.1) is 39.5 Å². The zero-order valence-corrected chi connectivity index (χ0v) is 74.1. The van der Waals surface area contributed by atoms with Crippen molar-refractivity contribution >= 4 is 190 Å². The Morgan fingerprint density at radius 1 is 0.427 bits per heavy atom. The van der Waals surface area contributed by atoms with Gasteiger partial charge >= 0.3 is 0 Å². The first-order chi connectivity index (χ1) is 62.8. The van der Waals surface area contributed by atoms with Gasteiger partial charge in [-0.1, -0.05) is 111 Å². The maximum absolute atomic E-state index is 14.7. The molecule has 21 aromatic rings. The first kappa shape index (κ1) is 87.4. The normalized spacial score (nSPS) is 12.4. The van der Waals surface area contributed by atoms with Gasteiger partial charge in [-0.3, -0.25) is 45.1 Å². The minimum absolute atomic E-state index is 0.00808. The number of pyridine rings is 5. The third kappa shape index (κ3) is 19.6. The molecule has 2 unspecified atom stereocenters. The standard InChI is InChI=1S/C21H23N5O2.C20H16N6O2S.2C18H17F2N5O.C17H16N4O/c1-12(10-17(27)21(2,3)4)18-14-8-7-13(11-16(14)28-26-18)23-20-19-15(24-25-20)6-5-9-22-19;1-11(9-15(27)20-22-7-8-29-20)17-13-5-4-12(10-16(13)28-26-17)23-19-18-14(24-25-19)3-2-6-21-18;1-18(2,3)7-13-15-11(20)5-10(6-14(15)26-25-13)22-17-16-12(23-24-17)4-9(19)8-21-16;1-18(2,3)7-13-15-12(20)5-10(6-14(15)26-25-13)22-17-11-4-9(19)8-21-16(11)23-24-17;1-10(2)14-9-22-15-8-11(5-6-12(14)15)19-17-13-4-3-7-18-16(13)20-21-17/h5-9,11-12H,10H2,1-4H3,(H2,23,24,25);2-8,10-11H,9H2,1H3,(H2,23,24,25);4-6,8H,7H2,1-3H3,(H2,22,23,24);4-6,8H,7H2,1-3H3,(H2,21,22,23,24);3-10H,1-2H3,(H2,18,19,20,21). The third-order valence-electron chi connectivity index (χ3n) is 21.3. The molecule has 131 heavy (non-hydrogen) atoms. The second-order valence-corrected chi connectivity index (χ2v) is 36.3. The number of Topliss-reactive ketones (excluding diaryl/α,β-unsaturated/α-hetero) is 2. The van der Waals surface area contributed by atoms with Crippen molar-refractivity contribution in [2.45, 2.75) is 133 Å². The highest BCUT2D eigenvalue weighted by molar-refractivity contribution is 7.11. The summed E-state index contributed by atoms with van der Waals surface area (Å²) >= 11 is 1.35. The lowest BCUT2D eigenvalue weighted by Crippen LogP contribution is -2.21. The van der Waals surface area contributed by atoms with Crippen LogP contribution in [-0.4, -0.2) is 113 Å². The number of H-pyrrole nitrogens is 5. The van der Waals surface area contributed by atoms with Crippen LogP contribution in [-0.2, 0) is 17.6 Å². The number of anilines is 10. The Hall–Kier alpha value is -15.7. The molecule has 0 amide bonds. The quantitative estimate of drug-likeness (QED) is 0.0250. The average molecular weight is 1790 g/mol. The fourth-order valence-electron chi connectivity index (χ4n) is 14.9. The smallest absolute Gasteiger partial charge is 0.192 e. The molecule has 0 radical (unpaired) electrons. The van der Waals surface area contributed by atoms with Gasteiger partial charge < -0.3 is 49.1 Å². The highest BCUT2D eigenvalue weighted by Crippen LogP contribution is 2.40. The van der Waals surface area contributed by atoms with E-state index in [1.54, 1.807) is 42.3 Å². The number of hydrogen-bond acceptors (Lipinski definition) is 28. The van der Waals surface area contributed by atoms with Crippen molar-refractivity contribution in [3.8, 4) is 0 Å². The number of furan rings is 1. The number of carbonyl (C=O) groups is 2. The number of nitrogens with zero attached hydrogens (tertiary/aromatic N) is 15. The van der Waals surface area contributed by atoms with Gasteiger partial charge in [0.1, 0.15) is 62.8 Å². The Bertz CT molecular complexity index is 7730. The molecule has 16 heterocycles. The molecule has 666 valence electrons. The lowest BCUT2D eigenvalue weighted by Gasteiger charge is -2.18. The zero-order valence-electron chi connectivity index (χ0n) is 73.3. The molecule has 0 aliphatic carbocycles. The summed E-state index contributed by atoms with van der Waals surface area (Å²) < 4.78 is 83.4. The molecule has 16 aromatic heterocycles. The van der Waals surface area contributed by atoms with E-state index in [0.717, 1.165) is 95.9 Å². The van der Waals surface area contributed by atoms with E-state index in [9.17, 15) is 27.2 Å². The molecule has 37 heteroatoms. The highest BCUT2D eigenvalue weighted by Gasteiger charge is 2.29. The van der Waals surface area contributed by atoms with Gasteiger partial charge in [0.2, 0.25) is 0 Å². The number of ketones is 2. The SMILES string of the molecule is CC(C)(C)Cc1noc2cc(Nc3[nH]nc4ncc(F)cc34)cc(F)c12.CC(C)(C)Cc1noc2cc(Nc3n[nH]c4cc(F)cnc34)cc(F)c12.CC(C)c1coc2cc(Nc3[nH]nc4ncccc34)ccc12.CC(CC(=O)C(C)(C)C)c1noc2cc(Nc3n[nH]c4cccnc34)ccc12.CC(CC(=O)c1nccs1)c1noc2cc(Nc3n[nH]c4cccnc34)ccc12. The van der Waals surface area contributed by atoms with Crippen molar-refractivity contribution in [3.05, 3.63) is 233 Å². The van der Waals surface area contributed by atoms with E-state index in [0.29, 0.717) is 143 Å². The number of carbonyl (C=O) groups excluding carboxylic acids is 2. The number of aromatic amines is 5. The summed E-state index contributed by atoms with van der Waals surface area (Å²) in [5.74, 6) is 1.70. The molecule has 0 saturated carbocycles. The number of benzene rings is 5. The van der Waals surface area contributed by atoms with Crippen LogP contribution < -0.4 is 26.6 Å². The van der Waals surface area contributed by atoms with E-state index in [1.165, 1.54) is 41.2 Å². The first-order valence-electron chi connectivity index (χ1n) is 42.0. The summed E-state index contributed by atoms with van der Waals surface area (Å²) in [5, 5.41) is 74.9. The number of thiazole rings is 1. The summed E-state index contributed by atoms with van der Waals surface area (Å²) in [7, 11) is 0. The van der Waals surface area contributed by atoms with Crippen molar-refractivity contribution in [2.75, 3.05) is 26.6 Å². The minimum atomic E-state index is -0.481. The lowest BCUT2D eigenvalue weighted by atomic mass is 9.84. The molecule has 32 nitrogen and oxygen atoms in total. The van der Waals surface area contributed by atoms with Gasteiger partial charge in [0, 0.05) is 147 Å². The lowest BCUT2D eigenvalue weighted by molar-refractivity contribution is -0.126. The maximum atomic E-state index is 14.7. The molecule has 21 rings (SSSR count). The average Bonchev–Trinajstić information content (AvgIpc) is 1.65. The van der Waals surface area contributed by atoms with E-state index in [-0.39, 0.29) is 39.6 Å². The molecule has 0 aliphatic rings. The van der Waals surface area contributed by atoms with Crippen LogP contribution in [0.15, 0.2) is 199 Å². The van der Waals surface area contributed by atoms with Crippen LogP contribution >= 0.6 is 11.3 Å². The molecule has 0 spiro atoms. The Morgan fingerprint density at radius 2 is 0.893 bits per heavy atom. The molecule has 2 atom stereocenters. The van der Waals surface area contributed by atoms with Crippen LogP contribution in [0.5, 0.6) is 0 Å². The highest BCUT2D eigenvalue weighted by atomic mass is 32.1. The van der Waals surface area contributed by atoms with Gasteiger partial charge in [0.25, 0.3) is 0 Å². The van der Waals surface area contributed by atoms with Crippen LogP contribution in [0.1, 0.15) is 159 Å². The Kier molecular flexibility index (Phi) is 24.2. The summed E-state index contributed by atoms with van der Waals surface area (Å²) in [6.45, 7) is 26.5. The van der Waals surface area contributed by atoms with Crippen molar-refractivity contribution in [1.29, 1.82) is 0 Å². The second-order valence-electron chi connectivity index (χ2n) is 35.4. The van der Waals surface area contributed by atoms with Gasteiger partial charge in [-0.15, -0.1) is 11.3 Å². The first-order valence-corrected chi connectivity index (χ1v) is 42.8. The Morgan fingerprint density at radius 3 is 1.45 bits per heavy atom. The Labute approximate surface area is 746 Å². The Balaban J connectivity index is 0.000000115. The van der Waals surface area contributed by atoms with Gasteiger partial charge in [-0.2, -0.15) is 25.5 Å². The van der Waals surface area contributed by atoms with E-state index >= 15 is 0 Å². The summed E-state index contributed by atoms with van der Waals surface area (Å²) in [5.41, 5.74) is 15.1. The van der Waals surface area contributed by atoms with Gasteiger partial charge in [0.05, 0.1) is 79.5 Å². The van der Waals surface area contributed by atoms with E-state index in [2.05, 4.69) is 190 Å². The van der Waals surface area contributed by atoms with Crippen molar-refractivity contribution in [3.63, 3.8) is 0 Å². The zero-order chi connectivity index (χ0) is 91.7. The van der Waals surface area contributed by atoms with Crippen LogP contribution in [0.4, 0.5) is 75.1 Å². The summed E-state index contributed by atoms with van der Waals surface area (Å²) in [4.78, 5) is 49.6. The number of fused-ring (bicyclic) bond motifs is 10. The summed E-state index contributed by atoms with van der Waals surface area (Å²) in [6, 6.07) is 37.7. The van der Waals surface area contributed by atoms with E-state index < -0.39 is 23.3 Å². The van der Waals surface area contributed by atoms with Crippen LogP contribution in [0.3, 0.4) is 0 Å². The largest absolute Gasteiger partial charge is 0.464 e. The monoisotopic (exact) mass is 1790 g/mol. The minimum Gasteiger partial charge on any atom is -0.464 e. The topological polar surface area (TPSA) is 432 Å². The number of rotatable bonds is 20. The molecule has 0 aliphatic heterocycles. The van der Waals surface area contributed by atoms with E-state index in [1.807, 2.05) is 126 Å². The third-order valence-corrected chi connectivity index (χ3v) is 22.1. The maximum Gasteiger partial charge on any atom is 0.192 e. The van der Waals surface area contributed by atoms with Gasteiger partial charge in [0.15, 0.2) is 61.9 Å². The summed E-state index contributed by atoms with van der Waals surface area (Å²) in [6.07, 6.45) is 12.8. The fourth-order valence-corrected chi connectivity index (χ4v) is 15.5. The van der Waals surface area contributed by atoms with Gasteiger partial charge in [-0.05, 0) is 121 Å². The number of aromatic nitrogens is 20. The molecule has 10 N–H and O–H groups in total. The van der Waals surface area contributed by atoms with Crippen molar-refractivity contribution < 1.29 is 49.7 Å². The molecular weight excluding hydrogens is 1700 g/mol. The fraction of sp³-hybridized carbons (Fsp3) is 0.245. The molecule has 0 bridgehead atoms.